The molecule has 2 unspecified atom stereocenters. The quantitative estimate of drug-likeness (QED) is 0.832. The summed E-state index contributed by atoms with van der Waals surface area (Å²) in [5, 5.41) is 9.36. The molecule has 1 aromatic carbocycles. The van der Waals surface area contributed by atoms with Crippen LogP contribution >= 0.6 is 0 Å². The highest BCUT2D eigenvalue weighted by Crippen LogP contribution is 2.29. The van der Waals surface area contributed by atoms with Gasteiger partial charge >= 0.3 is 0 Å². The summed E-state index contributed by atoms with van der Waals surface area (Å²) in [7, 11) is 3.90. The normalized spacial score (nSPS) is 15.1. The van der Waals surface area contributed by atoms with Gasteiger partial charge in [-0.25, -0.2) is 4.39 Å². The summed E-state index contributed by atoms with van der Waals surface area (Å²) in [6.07, 6.45) is 0.871. The van der Waals surface area contributed by atoms with Crippen molar-refractivity contribution in [1.29, 1.82) is 0 Å². The zero-order valence-electron chi connectivity index (χ0n) is 10.2. The summed E-state index contributed by atoms with van der Waals surface area (Å²) in [5.74, 6) is -0.0889. The number of aliphatic hydroxyl groups excluding tert-OH is 1. The molecule has 16 heavy (non-hydrogen) atoms. The van der Waals surface area contributed by atoms with E-state index in [4.69, 9.17) is 0 Å². The van der Waals surface area contributed by atoms with Gasteiger partial charge in [-0.3, -0.25) is 0 Å². The van der Waals surface area contributed by atoms with Crippen LogP contribution in [0.15, 0.2) is 24.3 Å². The standard InChI is InChI=1S/C13H20FNO/c1-4-10(9-16)13(15(2)3)11-6-5-7-12(14)8-11/h5-8,10,13,16H,4,9H2,1-3H3. The van der Waals surface area contributed by atoms with Crippen LogP contribution in [0.1, 0.15) is 24.9 Å². The molecular formula is C13H20FNO. The van der Waals surface area contributed by atoms with Crippen LogP contribution in [0, 0.1) is 11.7 Å². The first-order valence-electron chi connectivity index (χ1n) is 5.62. The summed E-state index contributed by atoms with van der Waals surface area (Å²) < 4.78 is 13.2. The van der Waals surface area contributed by atoms with E-state index in [1.165, 1.54) is 6.07 Å². The first-order chi connectivity index (χ1) is 7.60. The minimum Gasteiger partial charge on any atom is -0.396 e. The molecule has 0 spiro atoms. The van der Waals surface area contributed by atoms with Gasteiger partial charge in [-0.1, -0.05) is 19.1 Å². The van der Waals surface area contributed by atoms with Gasteiger partial charge in [0.15, 0.2) is 0 Å². The molecule has 0 heterocycles. The summed E-state index contributed by atoms with van der Waals surface area (Å²) in [6, 6.07) is 6.67. The Morgan fingerprint density at radius 3 is 2.50 bits per heavy atom. The SMILES string of the molecule is CCC(CO)C(c1cccc(F)c1)N(C)C. The second kappa shape index (κ2) is 5.97. The number of halogens is 1. The Labute approximate surface area is 96.7 Å². The van der Waals surface area contributed by atoms with E-state index in [2.05, 4.69) is 0 Å². The Morgan fingerprint density at radius 2 is 2.06 bits per heavy atom. The minimum absolute atomic E-state index is 0.0608. The molecule has 0 saturated heterocycles. The van der Waals surface area contributed by atoms with Crippen LogP contribution in [0.25, 0.3) is 0 Å². The van der Waals surface area contributed by atoms with E-state index < -0.39 is 0 Å². The van der Waals surface area contributed by atoms with Crippen molar-refractivity contribution in [2.45, 2.75) is 19.4 Å². The molecular weight excluding hydrogens is 205 g/mol. The smallest absolute Gasteiger partial charge is 0.123 e. The van der Waals surface area contributed by atoms with E-state index in [-0.39, 0.29) is 24.4 Å². The average Bonchev–Trinajstić information content (AvgIpc) is 2.24. The molecule has 0 bridgehead atoms. The zero-order chi connectivity index (χ0) is 12.1. The number of benzene rings is 1. The van der Waals surface area contributed by atoms with Crippen molar-refractivity contribution in [1.82, 2.24) is 4.90 Å². The summed E-state index contributed by atoms with van der Waals surface area (Å²) in [5.41, 5.74) is 0.922. The average molecular weight is 225 g/mol. The van der Waals surface area contributed by atoms with E-state index in [0.29, 0.717) is 0 Å². The highest BCUT2D eigenvalue weighted by atomic mass is 19.1. The number of hydrogen-bond acceptors (Lipinski definition) is 2. The highest BCUT2D eigenvalue weighted by Gasteiger charge is 2.23. The number of nitrogens with zero attached hydrogens (tertiary/aromatic N) is 1. The van der Waals surface area contributed by atoms with E-state index in [0.717, 1.165) is 12.0 Å². The third-order valence-electron chi connectivity index (χ3n) is 2.95. The van der Waals surface area contributed by atoms with Crippen LogP contribution in [-0.2, 0) is 0 Å². The van der Waals surface area contributed by atoms with Crippen LogP contribution in [-0.4, -0.2) is 30.7 Å². The maximum Gasteiger partial charge on any atom is 0.123 e. The summed E-state index contributed by atoms with van der Waals surface area (Å²) in [4.78, 5) is 2.03. The Kier molecular flexibility index (Phi) is 4.90. The van der Waals surface area contributed by atoms with Crippen molar-refractivity contribution in [3.8, 4) is 0 Å². The maximum atomic E-state index is 13.2. The number of hydrogen-bond donors (Lipinski definition) is 1. The molecule has 3 heteroatoms. The van der Waals surface area contributed by atoms with Crippen molar-refractivity contribution in [3.63, 3.8) is 0 Å². The minimum atomic E-state index is -0.225. The maximum absolute atomic E-state index is 13.2. The van der Waals surface area contributed by atoms with Gasteiger partial charge in [0, 0.05) is 18.6 Å². The lowest BCUT2D eigenvalue weighted by atomic mass is 9.90. The first kappa shape index (κ1) is 13.1. The lowest BCUT2D eigenvalue weighted by Gasteiger charge is -2.31. The fourth-order valence-electron chi connectivity index (χ4n) is 2.13. The fourth-order valence-corrected chi connectivity index (χ4v) is 2.13. The molecule has 1 rings (SSSR count). The lowest BCUT2D eigenvalue weighted by molar-refractivity contribution is 0.130. The van der Waals surface area contributed by atoms with Crippen LogP contribution in [0.5, 0.6) is 0 Å². The third kappa shape index (κ3) is 3.03. The van der Waals surface area contributed by atoms with E-state index >= 15 is 0 Å². The van der Waals surface area contributed by atoms with Crippen LogP contribution < -0.4 is 0 Å². The Morgan fingerprint density at radius 1 is 1.38 bits per heavy atom. The second-order valence-electron chi connectivity index (χ2n) is 4.31. The molecule has 0 aliphatic rings. The van der Waals surface area contributed by atoms with Gasteiger partial charge in [-0.15, -0.1) is 0 Å². The molecule has 2 atom stereocenters. The fraction of sp³-hybridized carbons (Fsp3) is 0.538. The molecule has 1 aromatic rings. The molecule has 2 nitrogen and oxygen atoms in total. The van der Waals surface area contributed by atoms with Gasteiger partial charge in [0.25, 0.3) is 0 Å². The molecule has 0 fully saturated rings. The molecule has 1 N–H and O–H groups in total. The van der Waals surface area contributed by atoms with Crippen LogP contribution in [0.2, 0.25) is 0 Å². The molecule has 0 saturated carbocycles. The molecule has 0 radical (unpaired) electrons. The number of aliphatic hydroxyl groups is 1. The van der Waals surface area contributed by atoms with E-state index in [1.807, 2.05) is 32.0 Å². The molecule has 0 aliphatic carbocycles. The predicted molar refractivity (Wildman–Crippen MR) is 63.7 cm³/mol. The van der Waals surface area contributed by atoms with Gasteiger partial charge in [0.05, 0.1) is 0 Å². The van der Waals surface area contributed by atoms with Gasteiger partial charge in [0.1, 0.15) is 5.82 Å². The molecule has 90 valence electrons. The first-order valence-corrected chi connectivity index (χ1v) is 5.62. The predicted octanol–water partition coefficient (Wildman–Crippen LogP) is 2.45. The topological polar surface area (TPSA) is 23.5 Å². The Hall–Kier alpha value is -0.930. The monoisotopic (exact) mass is 225 g/mol. The third-order valence-corrected chi connectivity index (χ3v) is 2.95. The van der Waals surface area contributed by atoms with Crippen LogP contribution in [0.4, 0.5) is 4.39 Å². The van der Waals surface area contributed by atoms with E-state index in [1.54, 1.807) is 12.1 Å². The van der Waals surface area contributed by atoms with Crippen molar-refractivity contribution >= 4 is 0 Å². The van der Waals surface area contributed by atoms with Crippen molar-refractivity contribution in [2.24, 2.45) is 5.92 Å². The van der Waals surface area contributed by atoms with E-state index in [9.17, 15) is 9.50 Å². The summed E-state index contributed by atoms with van der Waals surface area (Å²) >= 11 is 0. The van der Waals surface area contributed by atoms with Crippen molar-refractivity contribution in [2.75, 3.05) is 20.7 Å². The zero-order valence-corrected chi connectivity index (χ0v) is 10.2. The van der Waals surface area contributed by atoms with Gasteiger partial charge in [-0.05, 0) is 38.2 Å². The van der Waals surface area contributed by atoms with Crippen molar-refractivity contribution in [3.05, 3.63) is 35.6 Å². The largest absolute Gasteiger partial charge is 0.396 e. The number of rotatable bonds is 5. The second-order valence-corrected chi connectivity index (χ2v) is 4.31. The van der Waals surface area contributed by atoms with Gasteiger partial charge < -0.3 is 10.0 Å². The van der Waals surface area contributed by atoms with Gasteiger partial charge in [0.2, 0.25) is 0 Å². The molecule has 0 aliphatic heterocycles. The van der Waals surface area contributed by atoms with Crippen molar-refractivity contribution < 1.29 is 9.50 Å². The highest BCUT2D eigenvalue weighted by molar-refractivity contribution is 5.21. The molecule has 0 amide bonds. The van der Waals surface area contributed by atoms with Crippen LogP contribution in [0.3, 0.4) is 0 Å². The Bertz CT molecular complexity index is 323. The Balaban J connectivity index is 3.02. The molecule has 0 aromatic heterocycles. The van der Waals surface area contributed by atoms with Gasteiger partial charge in [-0.2, -0.15) is 0 Å². The summed E-state index contributed by atoms with van der Waals surface area (Å²) in [6.45, 7) is 2.16. The lowest BCUT2D eigenvalue weighted by Crippen LogP contribution is -2.29.